The van der Waals surface area contributed by atoms with Crippen molar-refractivity contribution in [2.24, 2.45) is 0 Å². The highest BCUT2D eigenvalue weighted by Crippen LogP contribution is 2.48. The van der Waals surface area contributed by atoms with E-state index in [0.29, 0.717) is 0 Å². The van der Waals surface area contributed by atoms with Gasteiger partial charge in [0.2, 0.25) is 0 Å². The topological polar surface area (TPSA) is 34.5 Å². The Morgan fingerprint density at radius 1 is 0.379 bits per heavy atom. The zero-order valence-corrected chi connectivity index (χ0v) is 31.3. The van der Waals surface area contributed by atoms with Gasteiger partial charge in [-0.2, -0.15) is 0 Å². The van der Waals surface area contributed by atoms with Crippen molar-refractivity contribution >= 4 is 82.7 Å². The minimum Gasteiger partial charge on any atom is -0.456 e. The van der Waals surface area contributed by atoms with Crippen molar-refractivity contribution in [3.63, 3.8) is 0 Å². The van der Waals surface area contributed by atoms with Gasteiger partial charge in [0, 0.05) is 54.9 Å². The first-order valence-electron chi connectivity index (χ1n) is 19.7. The Balaban J connectivity index is 1.08. The molecule has 0 saturated carbocycles. The van der Waals surface area contributed by atoms with Crippen molar-refractivity contribution in [2.75, 3.05) is 4.90 Å². The number of rotatable bonds is 6. The molecule has 12 aromatic rings. The van der Waals surface area contributed by atoms with Crippen LogP contribution in [0.25, 0.3) is 93.6 Å². The fourth-order valence-electron chi connectivity index (χ4n) is 9.05. The molecular weight excluding hydrogens is 709 g/mol. The van der Waals surface area contributed by atoms with Crippen molar-refractivity contribution in [1.29, 1.82) is 0 Å². The molecule has 0 fully saturated rings. The largest absolute Gasteiger partial charge is 0.456 e. The average molecular weight is 743 g/mol. The van der Waals surface area contributed by atoms with Gasteiger partial charge >= 0.3 is 0 Å². The molecule has 4 heteroatoms. The highest BCUT2D eigenvalue weighted by Gasteiger charge is 2.24. The minimum absolute atomic E-state index is 0.857. The van der Waals surface area contributed by atoms with E-state index >= 15 is 0 Å². The molecule has 0 N–H and O–H groups in total. The summed E-state index contributed by atoms with van der Waals surface area (Å²) in [5, 5.41) is 6.90. The minimum atomic E-state index is 0.857. The van der Waals surface area contributed by atoms with E-state index in [2.05, 4.69) is 198 Å². The Morgan fingerprint density at radius 2 is 0.983 bits per heavy atom. The molecule has 12 rings (SSSR count). The Morgan fingerprint density at radius 3 is 1.74 bits per heavy atom. The van der Waals surface area contributed by atoms with Crippen LogP contribution in [-0.4, -0.2) is 4.57 Å². The molecule has 272 valence electrons. The lowest BCUT2D eigenvalue weighted by atomic mass is 9.97. The zero-order valence-electron chi connectivity index (χ0n) is 31.3. The van der Waals surface area contributed by atoms with E-state index in [9.17, 15) is 0 Å². The quantitative estimate of drug-likeness (QED) is 0.170. The van der Waals surface area contributed by atoms with Gasteiger partial charge in [0.05, 0.1) is 16.7 Å². The maximum absolute atomic E-state index is 6.85. The molecule has 58 heavy (non-hydrogen) atoms. The van der Waals surface area contributed by atoms with Gasteiger partial charge in [0.1, 0.15) is 22.3 Å². The van der Waals surface area contributed by atoms with Gasteiger partial charge in [-0.3, -0.25) is 0 Å². The summed E-state index contributed by atoms with van der Waals surface area (Å²) in [7, 11) is 0. The first kappa shape index (κ1) is 32.4. The Labute approximate surface area is 334 Å². The molecule has 0 aliphatic carbocycles. The standard InChI is InChI=1S/C54H34N2O2/c1-2-15-37(16-3-1)55(39-17-12-14-36(34-39)40-22-13-27-51-53(40)45-21-7-11-26-50(45)57-51)48-33-32-44-43-20-6-10-25-49(43)58-54(44)52(48)35-28-30-38(31-29-35)56-46-23-8-4-18-41(46)42-19-5-9-24-47(42)56/h1-34H. The average Bonchev–Trinajstić information content (AvgIpc) is 3.97. The summed E-state index contributed by atoms with van der Waals surface area (Å²) in [6, 6.07) is 73.1. The molecule has 0 amide bonds. The third-order valence-electron chi connectivity index (χ3n) is 11.6. The van der Waals surface area contributed by atoms with Crippen molar-refractivity contribution in [1.82, 2.24) is 4.57 Å². The first-order valence-corrected chi connectivity index (χ1v) is 19.7. The second kappa shape index (κ2) is 12.9. The molecule has 0 aliphatic heterocycles. The van der Waals surface area contributed by atoms with Gasteiger partial charge < -0.3 is 18.3 Å². The number of anilines is 3. The van der Waals surface area contributed by atoms with Gasteiger partial charge in [-0.15, -0.1) is 0 Å². The maximum atomic E-state index is 6.85. The molecule has 3 aromatic heterocycles. The Kier molecular flexibility index (Phi) is 7.20. The normalized spacial score (nSPS) is 11.8. The number of fused-ring (bicyclic) bond motifs is 9. The number of aromatic nitrogens is 1. The summed E-state index contributed by atoms with van der Waals surface area (Å²) in [6.45, 7) is 0. The summed E-state index contributed by atoms with van der Waals surface area (Å²) < 4.78 is 15.5. The van der Waals surface area contributed by atoms with E-state index in [0.717, 1.165) is 88.9 Å². The predicted molar refractivity (Wildman–Crippen MR) is 241 cm³/mol. The lowest BCUT2D eigenvalue weighted by Gasteiger charge is -2.28. The van der Waals surface area contributed by atoms with Gasteiger partial charge in [-0.1, -0.05) is 127 Å². The van der Waals surface area contributed by atoms with Crippen LogP contribution in [0.1, 0.15) is 0 Å². The molecule has 0 spiro atoms. The molecule has 0 saturated heterocycles. The Hall–Kier alpha value is -7.82. The van der Waals surface area contributed by atoms with E-state index in [1.165, 1.54) is 21.8 Å². The zero-order chi connectivity index (χ0) is 38.2. The van der Waals surface area contributed by atoms with Crippen LogP contribution in [0, 0.1) is 0 Å². The summed E-state index contributed by atoms with van der Waals surface area (Å²) in [4.78, 5) is 2.36. The number of hydrogen-bond donors (Lipinski definition) is 0. The molecule has 0 atom stereocenters. The second-order valence-corrected chi connectivity index (χ2v) is 14.8. The highest BCUT2D eigenvalue weighted by atomic mass is 16.3. The lowest BCUT2D eigenvalue weighted by molar-refractivity contribution is 0.669. The number of furan rings is 2. The SMILES string of the molecule is c1ccc(N(c2cccc(-c3cccc4oc5ccccc5c34)c2)c2ccc3c(oc4ccccc43)c2-c2ccc(-n3c4ccccc4c4ccccc43)cc2)cc1. The van der Waals surface area contributed by atoms with Gasteiger partial charge in [0.15, 0.2) is 0 Å². The molecule has 3 heterocycles. The molecular formula is C54H34N2O2. The first-order chi connectivity index (χ1) is 28.8. The summed E-state index contributed by atoms with van der Waals surface area (Å²) >= 11 is 0. The fourth-order valence-corrected chi connectivity index (χ4v) is 9.05. The summed E-state index contributed by atoms with van der Waals surface area (Å²) in [5.74, 6) is 0. The molecule has 0 unspecified atom stereocenters. The molecule has 0 bridgehead atoms. The highest BCUT2D eigenvalue weighted by molar-refractivity contribution is 6.15. The van der Waals surface area contributed by atoms with Gasteiger partial charge in [-0.05, 0) is 95.6 Å². The number of benzene rings is 9. The fraction of sp³-hybridized carbons (Fsp3) is 0. The van der Waals surface area contributed by atoms with E-state index in [1.807, 2.05) is 18.2 Å². The van der Waals surface area contributed by atoms with Crippen LogP contribution in [0.15, 0.2) is 215 Å². The van der Waals surface area contributed by atoms with E-state index in [1.54, 1.807) is 0 Å². The van der Waals surface area contributed by atoms with E-state index in [-0.39, 0.29) is 0 Å². The third-order valence-corrected chi connectivity index (χ3v) is 11.6. The van der Waals surface area contributed by atoms with Crippen molar-refractivity contribution < 1.29 is 8.83 Å². The van der Waals surface area contributed by atoms with Crippen LogP contribution in [0.5, 0.6) is 0 Å². The van der Waals surface area contributed by atoms with Crippen LogP contribution < -0.4 is 4.90 Å². The number of nitrogens with zero attached hydrogens (tertiary/aromatic N) is 2. The third kappa shape index (κ3) is 4.95. The van der Waals surface area contributed by atoms with E-state index in [4.69, 9.17) is 8.83 Å². The van der Waals surface area contributed by atoms with Crippen LogP contribution in [0.3, 0.4) is 0 Å². The van der Waals surface area contributed by atoms with Crippen LogP contribution in [0.4, 0.5) is 17.1 Å². The van der Waals surface area contributed by atoms with Crippen LogP contribution in [-0.2, 0) is 0 Å². The second-order valence-electron chi connectivity index (χ2n) is 14.8. The molecule has 0 radical (unpaired) electrons. The van der Waals surface area contributed by atoms with Crippen LogP contribution in [0.2, 0.25) is 0 Å². The smallest absolute Gasteiger partial charge is 0.145 e. The molecule has 4 nitrogen and oxygen atoms in total. The van der Waals surface area contributed by atoms with Gasteiger partial charge in [-0.25, -0.2) is 0 Å². The number of para-hydroxylation sites is 5. The predicted octanol–water partition coefficient (Wildman–Crippen LogP) is 15.4. The van der Waals surface area contributed by atoms with Crippen molar-refractivity contribution in [3.8, 4) is 27.9 Å². The maximum Gasteiger partial charge on any atom is 0.145 e. The summed E-state index contributed by atoms with van der Waals surface area (Å²) in [5.41, 5.74) is 14.4. The van der Waals surface area contributed by atoms with Crippen molar-refractivity contribution in [3.05, 3.63) is 206 Å². The van der Waals surface area contributed by atoms with Crippen molar-refractivity contribution in [2.45, 2.75) is 0 Å². The Bertz CT molecular complexity index is 3460. The number of hydrogen-bond acceptors (Lipinski definition) is 3. The lowest BCUT2D eigenvalue weighted by Crippen LogP contribution is -2.11. The summed E-state index contributed by atoms with van der Waals surface area (Å²) in [6.07, 6.45) is 0. The van der Waals surface area contributed by atoms with Crippen LogP contribution >= 0.6 is 0 Å². The molecule has 0 aliphatic rings. The molecule has 9 aromatic carbocycles. The monoisotopic (exact) mass is 742 g/mol. The van der Waals surface area contributed by atoms with Gasteiger partial charge in [0.25, 0.3) is 0 Å². The van der Waals surface area contributed by atoms with E-state index < -0.39 is 0 Å².